The molecule has 0 N–H and O–H groups in total. The minimum atomic E-state index is -0.468. The number of non-ortho nitro benzene ring substituents is 1. The first kappa shape index (κ1) is 16.7. The normalized spacial score (nSPS) is 11.7. The van der Waals surface area contributed by atoms with Gasteiger partial charge < -0.3 is 4.90 Å². The van der Waals surface area contributed by atoms with Gasteiger partial charge in [-0.2, -0.15) is 0 Å². The fourth-order valence-electron chi connectivity index (χ4n) is 2.32. The first-order valence-electron chi connectivity index (χ1n) is 7.62. The Balaban J connectivity index is 2.24. The number of carbonyl (C=O) groups is 1. The Morgan fingerprint density at radius 3 is 2.26 bits per heavy atom. The van der Waals surface area contributed by atoms with Gasteiger partial charge in [0.2, 0.25) is 0 Å². The maximum atomic E-state index is 12.8. The Kier molecular flexibility index (Phi) is 5.46. The van der Waals surface area contributed by atoms with E-state index in [1.165, 1.54) is 24.3 Å². The molecule has 0 radical (unpaired) electrons. The molecular weight excluding hydrogens is 292 g/mol. The van der Waals surface area contributed by atoms with Crippen LogP contribution in [0, 0.1) is 10.1 Å². The molecule has 5 heteroatoms. The van der Waals surface area contributed by atoms with Crippen molar-refractivity contribution >= 4 is 11.6 Å². The summed E-state index contributed by atoms with van der Waals surface area (Å²) in [6.07, 6.45) is 0.839. The SMILES string of the molecule is CCC(C)N(Cc1ccccc1)C(=O)c1ccc([N+](=O)[O-])cc1. The minimum absolute atomic E-state index is 0.0142. The van der Waals surface area contributed by atoms with E-state index < -0.39 is 4.92 Å². The lowest BCUT2D eigenvalue weighted by molar-refractivity contribution is -0.384. The van der Waals surface area contributed by atoms with E-state index in [-0.39, 0.29) is 17.6 Å². The zero-order valence-electron chi connectivity index (χ0n) is 13.3. The molecule has 0 aliphatic carbocycles. The largest absolute Gasteiger partial charge is 0.332 e. The number of carbonyl (C=O) groups excluding carboxylic acids is 1. The van der Waals surface area contributed by atoms with Crippen LogP contribution in [0.2, 0.25) is 0 Å². The Morgan fingerprint density at radius 2 is 1.74 bits per heavy atom. The van der Waals surface area contributed by atoms with Gasteiger partial charge in [0.15, 0.2) is 0 Å². The zero-order valence-corrected chi connectivity index (χ0v) is 13.3. The topological polar surface area (TPSA) is 63.5 Å². The molecule has 0 saturated carbocycles. The average Bonchev–Trinajstić information content (AvgIpc) is 2.59. The molecule has 0 aromatic heterocycles. The van der Waals surface area contributed by atoms with Crippen LogP contribution in [-0.4, -0.2) is 21.8 Å². The van der Waals surface area contributed by atoms with Gasteiger partial charge in [-0.15, -0.1) is 0 Å². The molecule has 2 aromatic rings. The summed E-state index contributed by atoms with van der Waals surface area (Å²) in [5.41, 5.74) is 1.51. The predicted molar refractivity (Wildman–Crippen MR) is 89.2 cm³/mol. The van der Waals surface area contributed by atoms with Gasteiger partial charge in [-0.25, -0.2) is 0 Å². The van der Waals surface area contributed by atoms with Crippen molar-refractivity contribution in [2.24, 2.45) is 0 Å². The highest BCUT2D eigenvalue weighted by atomic mass is 16.6. The molecule has 0 aliphatic heterocycles. The van der Waals surface area contributed by atoms with E-state index in [9.17, 15) is 14.9 Å². The van der Waals surface area contributed by atoms with Crippen LogP contribution in [-0.2, 0) is 6.54 Å². The molecule has 0 heterocycles. The standard InChI is InChI=1S/C18H20N2O3/c1-3-14(2)19(13-15-7-5-4-6-8-15)18(21)16-9-11-17(12-10-16)20(22)23/h4-12,14H,3,13H2,1-2H3. The fourth-order valence-corrected chi connectivity index (χ4v) is 2.32. The molecule has 2 aromatic carbocycles. The lowest BCUT2D eigenvalue weighted by atomic mass is 10.1. The fraction of sp³-hybridized carbons (Fsp3) is 0.278. The van der Waals surface area contributed by atoms with Gasteiger partial charge in [-0.1, -0.05) is 37.3 Å². The van der Waals surface area contributed by atoms with E-state index in [1.807, 2.05) is 44.2 Å². The summed E-state index contributed by atoms with van der Waals surface area (Å²) in [7, 11) is 0. The van der Waals surface area contributed by atoms with Crippen molar-refractivity contribution < 1.29 is 9.72 Å². The van der Waals surface area contributed by atoms with Crippen molar-refractivity contribution in [3.05, 3.63) is 75.8 Å². The zero-order chi connectivity index (χ0) is 16.8. The first-order valence-corrected chi connectivity index (χ1v) is 7.62. The number of amides is 1. The number of nitro benzene ring substituents is 1. The van der Waals surface area contributed by atoms with Crippen molar-refractivity contribution in [1.82, 2.24) is 4.90 Å². The van der Waals surface area contributed by atoms with Crippen LogP contribution in [0.4, 0.5) is 5.69 Å². The summed E-state index contributed by atoms with van der Waals surface area (Å²) in [5.74, 6) is -0.113. The van der Waals surface area contributed by atoms with E-state index >= 15 is 0 Å². The molecule has 1 amide bonds. The van der Waals surface area contributed by atoms with Crippen LogP contribution in [0.5, 0.6) is 0 Å². The molecule has 0 spiro atoms. The molecule has 0 aliphatic rings. The van der Waals surface area contributed by atoms with Gasteiger partial charge in [0.05, 0.1) is 4.92 Å². The van der Waals surface area contributed by atoms with Gasteiger partial charge in [0, 0.05) is 30.3 Å². The Labute approximate surface area is 135 Å². The third-order valence-electron chi connectivity index (χ3n) is 3.90. The quantitative estimate of drug-likeness (QED) is 0.597. The maximum Gasteiger partial charge on any atom is 0.269 e. The molecular formula is C18H20N2O3. The minimum Gasteiger partial charge on any atom is -0.332 e. The second kappa shape index (κ2) is 7.54. The van der Waals surface area contributed by atoms with Gasteiger partial charge in [-0.05, 0) is 31.0 Å². The predicted octanol–water partition coefficient (Wildman–Crippen LogP) is 4.04. The monoisotopic (exact) mass is 312 g/mol. The van der Waals surface area contributed by atoms with Crippen LogP contribution >= 0.6 is 0 Å². The second-order valence-electron chi connectivity index (χ2n) is 5.48. The number of hydrogen-bond donors (Lipinski definition) is 0. The van der Waals surface area contributed by atoms with Crippen molar-refractivity contribution in [2.75, 3.05) is 0 Å². The van der Waals surface area contributed by atoms with Crippen molar-refractivity contribution in [1.29, 1.82) is 0 Å². The van der Waals surface area contributed by atoms with Crippen LogP contribution in [0.3, 0.4) is 0 Å². The lowest BCUT2D eigenvalue weighted by Crippen LogP contribution is -2.37. The third kappa shape index (κ3) is 4.16. The molecule has 23 heavy (non-hydrogen) atoms. The van der Waals surface area contributed by atoms with Crippen LogP contribution in [0.25, 0.3) is 0 Å². The Bertz CT molecular complexity index is 668. The van der Waals surface area contributed by atoms with Crippen LogP contribution in [0.1, 0.15) is 36.2 Å². The van der Waals surface area contributed by atoms with Crippen LogP contribution < -0.4 is 0 Å². The van der Waals surface area contributed by atoms with Crippen molar-refractivity contribution in [3.63, 3.8) is 0 Å². The second-order valence-corrected chi connectivity index (χ2v) is 5.48. The number of nitrogens with zero attached hydrogens (tertiary/aromatic N) is 2. The van der Waals surface area contributed by atoms with E-state index in [1.54, 1.807) is 4.90 Å². The number of hydrogen-bond acceptors (Lipinski definition) is 3. The van der Waals surface area contributed by atoms with E-state index in [2.05, 4.69) is 0 Å². The summed E-state index contributed by atoms with van der Waals surface area (Å²) < 4.78 is 0. The summed E-state index contributed by atoms with van der Waals surface area (Å²) >= 11 is 0. The average molecular weight is 312 g/mol. The molecule has 0 saturated heterocycles. The highest BCUT2D eigenvalue weighted by Gasteiger charge is 2.21. The maximum absolute atomic E-state index is 12.8. The molecule has 120 valence electrons. The molecule has 1 unspecified atom stereocenters. The van der Waals surface area contributed by atoms with Crippen molar-refractivity contribution in [2.45, 2.75) is 32.9 Å². The van der Waals surface area contributed by atoms with Crippen molar-refractivity contribution in [3.8, 4) is 0 Å². The van der Waals surface area contributed by atoms with E-state index in [0.29, 0.717) is 12.1 Å². The summed E-state index contributed by atoms with van der Waals surface area (Å²) in [6, 6.07) is 15.6. The third-order valence-corrected chi connectivity index (χ3v) is 3.90. The lowest BCUT2D eigenvalue weighted by Gasteiger charge is -2.29. The number of nitro groups is 1. The highest BCUT2D eigenvalue weighted by Crippen LogP contribution is 2.18. The summed E-state index contributed by atoms with van der Waals surface area (Å²) in [6.45, 7) is 4.56. The van der Waals surface area contributed by atoms with Gasteiger partial charge in [0.1, 0.15) is 0 Å². The Hall–Kier alpha value is -2.69. The van der Waals surface area contributed by atoms with E-state index in [0.717, 1.165) is 12.0 Å². The van der Waals surface area contributed by atoms with Crippen LogP contribution in [0.15, 0.2) is 54.6 Å². The number of rotatable bonds is 6. The molecule has 5 nitrogen and oxygen atoms in total. The van der Waals surface area contributed by atoms with Gasteiger partial charge in [-0.3, -0.25) is 14.9 Å². The highest BCUT2D eigenvalue weighted by molar-refractivity contribution is 5.94. The Morgan fingerprint density at radius 1 is 1.13 bits per heavy atom. The molecule has 0 fully saturated rings. The molecule has 0 bridgehead atoms. The molecule has 1 atom stereocenters. The van der Waals surface area contributed by atoms with Gasteiger partial charge >= 0.3 is 0 Å². The summed E-state index contributed by atoms with van der Waals surface area (Å²) in [4.78, 5) is 24.8. The molecule has 2 rings (SSSR count). The smallest absolute Gasteiger partial charge is 0.269 e. The number of benzene rings is 2. The first-order chi connectivity index (χ1) is 11.0. The van der Waals surface area contributed by atoms with Gasteiger partial charge in [0.25, 0.3) is 11.6 Å². The van der Waals surface area contributed by atoms with E-state index in [4.69, 9.17) is 0 Å². The summed E-state index contributed by atoms with van der Waals surface area (Å²) in [5, 5.41) is 10.7.